The lowest BCUT2D eigenvalue weighted by Crippen LogP contribution is -1.86. The van der Waals surface area contributed by atoms with Gasteiger partial charge in [0, 0.05) is 11.7 Å². The number of hydrogen-bond acceptors (Lipinski definition) is 1. The molecule has 1 aromatic carbocycles. The van der Waals surface area contributed by atoms with Crippen LogP contribution < -0.4 is 0 Å². The fourth-order valence-corrected chi connectivity index (χ4v) is 1.54. The van der Waals surface area contributed by atoms with Crippen molar-refractivity contribution in [2.45, 2.75) is 4.90 Å². The van der Waals surface area contributed by atoms with Crippen LogP contribution in [0, 0.1) is 0 Å². The van der Waals surface area contributed by atoms with Gasteiger partial charge in [-0.2, -0.15) is 0 Å². The molecule has 2 N–H and O–H groups in total. The van der Waals surface area contributed by atoms with E-state index in [0.29, 0.717) is 4.90 Å². The lowest BCUT2D eigenvalue weighted by Gasteiger charge is -1.93. The van der Waals surface area contributed by atoms with Crippen LogP contribution in [0.1, 0.15) is 0 Å². The highest BCUT2D eigenvalue weighted by Gasteiger charge is 2.00. The Morgan fingerprint density at radius 3 is 2.92 bits per heavy atom. The van der Waals surface area contributed by atoms with E-state index >= 15 is 0 Å². The molecule has 1 atom stereocenters. The van der Waals surface area contributed by atoms with Crippen molar-refractivity contribution in [1.82, 2.24) is 4.98 Å². The van der Waals surface area contributed by atoms with Crippen LogP contribution in [0.3, 0.4) is 0 Å². The molecule has 0 amide bonds. The third-order valence-corrected chi connectivity index (χ3v) is 2.39. The van der Waals surface area contributed by atoms with E-state index in [9.17, 15) is 4.21 Å². The average molecular weight is 181 g/mol. The van der Waals surface area contributed by atoms with Gasteiger partial charge in [0.1, 0.15) is 0 Å². The molecular formula is C8H7NO2S. The lowest BCUT2D eigenvalue weighted by molar-refractivity contribution is 0.564. The van der Waals surface area contributed by atoms with Gasteiger partial charge in [0.25, 0.3) is 0 Å². The van der Waals surface area contributed by atoms with Gasteiger partial charge in [-0.05, 0) is 23.6 Å². The molecule has 3 nitrogen and oxygen atoms in total. The maximum absolute atomic E-state index is 10.7. The summed E-state index contributed by atoms with van der Waals surface area (Å²) >= 11 is -1.89. The number of rotatable bonds is 1. The standard InChI is InChI=1S/C8H7NO2S/c10-12(11)7-2-1-6-3-4-9-8(6)5-7/h1-5,9H,(H,10,11). The summed E-state index contributed by atoms with van der Waals surface area (Å²) in [4.78, 5) is 3.39. The Balaban J connectivity index is 2.68. The Morgan fingerprint density at radius 1 is 1.33 bits per heavy atom. The minimum absolute atomic E-state index is 0.421. The van der Waals surface area contributed by atoms with E-state index in [1.54, 1.807) is 18.3 Å². The molecular weight excluding hydrogens is 174 g/mol. The van der Waals surface area contributed by atoms with Crippen LogP contribution in [-0.4, -0.2) is 13.7 Å². The van der Waals surface area contributed by atoms with Gasteiger partial charge in [-0.15, -0.1) is 0 Å². The van der Waals surface area contributed by atoms with Crippen molar-refractivity contribution in [3.8, 4) is 0 Å². The van der Waals surface area contributed by atoms with Gasteiger partial charge in [-0.3, -0.25) is 0 Å². The van der Waals surface area contributed by atoms with E-state index in [2.05, 4.69) is 4.98 Å². The molecule has 0 fully saturated rings. The van der Waals surface area contributed by atoms with E-state index in [4.69, 9.17) is 4.55 Å². The van der Waals surface area contributed by atoms with Crippen LogP contribution >= 0.6 is 0 Å². The molecule has 4 heteroatoms. The topological polar surface area (TPSA) is 53.1 Å². The summed E-state index contributed by atoms with van der Waals surface area (Å²) in [7, 11) is 0. The van der Waals surface area contributed by atoms with Crippen molar-refractivity contribution >= 4 is 22.0 Å². The van der Waals surface area contributed by atoms with Crippen molar-refractivity contribution in [1.29, 1.82) is 0 Å². The number of H-pyrrole nitrogens is 1. The normalized spacial score (nSPS) is 13.4. The second-order valence-corrected chi connectivity index (χ2v) is 3.45. The van der Waals surface area contributed by atoms with E-state index in [1.165, 1.54) is 0 Å². The van der Waals surface area contributed by atoms with Crippen molar-refractivity contribution in [2.75, 3.05) is 0 Å². The van der Waals surface area contributed by atoms with E-state index in [0.717, 1.165) is 10.9 Å². The van der Waals surface area contributed by atoms with Crippen LogP contribution in [0.2, 0.25) is 0 Å². The zero-order valence-corrected chi connectivity index (χ0v) is 6.97. The number of aromatic nitrogens is 1. The number of hydrogen-bond donors (Lipinski definition) is 2. The number of aromatic amines is 1. The van der Waals surface area contributed by atoms with Gasteiger partial charge in [0.2, 0.25) is 0 Å². The third kappa shape index (κ3) is 1.15. The van der Waals surface area contributed by atoms with Crippen LogP contribution in [0.4, 0.5) is 0 Å². The first kappa shape index (κ1) is 7.52. The van der Waals surface area contributed by atoms with Crippen molar-refractivity contribution in [3.63, 3.8) is 0 Å². The minimum atomic E-state index is -1.89. The fraction of sp³-hybridized carbons (Fsp3) is 0. The third-order valence-electron chi connectivity index (χ3n) is 1.73. The van der Waals surface area contributed by atoms with Crippen molar-refractivity contribution < 1.29 is 8.76 Å². The Bertz CT molecular complexity index is 435. The second-order valence-electron chi connectivity index (χ2n) is 2.48. The van der Waals surface area contributed by atoms with Gasteiger partial charge < -0.3 is 9.54 Å². The highest BCUT2D eigenvalue weighted by atomic mass is 32.2. The Hall–Kier alpha value is -1.13. The summed E-state index contributed by atoms with van der Waals surface area (Å²) in [6.07, 6.45) is 1.80. The highest BCUT2D eigenvalue weighted by molar-refractivity contribution is 7.79. The van der Waals surface area contributed by atoms with Crippen molar-refractivity contribution in [3.05, 3.63) is 30.5 Å². The van der Waals surface area contributed by atoms with Crippen LogP contribution in [0.25, 0.3) is 10.9 Å². The quantitative estimate of drug-likeness (QED) is 0.658. The molecule has 0 aliphatic rings. The van der Waals surface area contributed by atoms with Gasteiger partial charge in [0.05, 0.1) is 4.90 Å². The first-order valence-corrected chi connectivity index (χ1v) is 4.56. The molecule has 0 saturated carbocycles. The molecule has 2 aromatic rings. The SMILES string of the molecule is O=S(O)c1ccc2cc[nH]c2c1. The summed E-state index contributed by atoms with van der Waals surface area (Å²) in [6.45, 7) is 0. The monoisotopic (exact) mass is 181 g/mol. The average Bonchev–Trinajstić information content (AvgIpc) is 2.49. The predicted octanol–water partition coefficient (Wildman–Crippen LogP) is 1.75. The summed E-state index contributed by atoms with van der Waals surface area (Å²) < 4.78 is 19.4. The molecule has 62 valence electrons. The zero-order valence-electron chi connectivity index (χ0n) is 6.15. The minimum Gasteiger partial charge on any atom is -0.361 e. The molecule has 1 aromatic heterocycles. The van der Waals surface area contributed by atoms with Crippen LogP contribution in [0.5, 0.6) is 0 Å². The van der Waals surface area contributed by atoms with Gasteiger partial charge in [-0.25, -0.2) is 4.21 Å². The van der Waals surface area contributed by atoms with Crippen LogP contribution in [-0.2, 0) is 11.1 Å². The summed E-state index contributed by atoms with van der Waals surface area (Å²) in [6, 6.07) is 7.05. The molecule has 0 aliphatic heterocycles. The molecule has 1 heterocycles. The lowest BCUT2D eigenvalue weighted by atomic mass is 10.2. The Morgan fingerprint density at radius 2 is 2.17 bits per heavy atom. The molecule has 0 saturated heterocycles. The zero-order chi connectivity index (χ0) is 8.55. The smallest absolute Gasteiger partial charge is 0.186 e. The summed E-state index contributed by atoms with van der Waals surface area (Å²) in [5.41, 5.74) is 0.884. The highest BCUT2D eigenvalue weighted by Crippen LogP contribution is 2.15. The number of nitrogens with one attached hydrogen (secondary N) is 1. The molecule has 0 bridgehead atoms. The molecule has 12 heavy (non-hydrogen) atoms. The predicted molar refractivity (Wildman–Crippen MR) is 47.3 cm³/mol. The molecule has 1 unspecified atom stereocenters. The van der Waals surface area contributed by atoms with Gasteiger partial charge in [-0.1, -0.05) is 6.07 Å². The van der Waals surface area contributed by atoms with E-state index < -0.39 is 11.1 Å². The number of benzene rings is 1. The first-order chi connectivity index (χ1) is 5.77. The Kier molecular flexibility index (Phi) is 1.71. The number of fused-ring (bicyclic) bond motifs is 1. The molecule has 0 radical (unpaired) electrons. The maximum Gasteiger partial charge on any atom is 0.186 e. The molecule has 2 rings (SSSR count). The summed E-state index contributed by atoms with van der Waals surface area (Å²) in [5, 5.41) is 1.05. The van der Waals surface area contributed by atoms with Gasteiger partial charge in [0.15, 0.2) is 11.1 Å². The van der Waals surface area contributed by atoms with Crippen molar-refractivity contribution in [2.24, 2.45) is 0 Å². The maximum atomic E-state index is 10.7. The Labute approximate surface area is 71.7 Å². The first-order valence-electron chi connectivity index (χ1n) is 3.45. The molecule has 0 aliphatic carbocycles. The summed E-state index contributed by atoms with van der Waals surface area (Å²) in [5.74, 6) is 0. The van der Waals surface area contributed by atoms with E-state index in [-0.39, 0.29) is 0 Å². The van der Waals surface area contributed by atoms with Crippen LogP contribution in [0.15, 0.2) is 35.4 Å². The fourth-order valence-electron chi connectivity index (χ4n) is 1.14. The second kappa shape index (κ2) is 2.73. The van der Waals surface area contributed by atoms with E-state index in [1.807, 2.05) is 12.1 Å². The largest absolute Gasteiger partial charge is 0.361 e. The molecule has 0 spiro atoms. The van der Waals surface area contributed by atoms with Gasteiger partial charge >= 0.3 is 0 Å².